The average molecular weight is 274 g/mol. The Balaban J connectivity index is 2.99. The maximum atomic E-state index is 5.69. The lowest BCUT2D eigenvalue weighted by Crippen LogP contribution is -1.93. The maximum Gasteiger partial charge on any atom is 0.152 e. The van der Waals surface area contributed by atoms with Crippen molar-refractivity contribution < 1.29 is 0 Å². The number of hydrogen-bond acceptors (Lipinski definition) is 3. The summed E-state index contributed by atoms with van der Waals surface area (Å²) < 4.78 is 1.91. The predicted octanol–water partition coefficient (Wildman–Crippen LogP) is 1.52. The fraction of sp³-hybridized carbons (Fsp3) is 0.143. The molecule has 4 nitrogen and oxygen atoms in total. The number of fused-ring (bicyclic) bond motifs is 1. The van der Waals surface area contributed by atoms with E-state index in [1.807, 2.05) is 15.9 Å². The molecule has 62 valence electrons. The van der Waals surface area contributed by atoms with Gasteiger partial charge in [-0.3, -0.25) is 2.78 Å². The largest absolute Gasteiger partial charge is 0.382 e. The van der Waals surface area contributed by atoms with Crippen molar-refractivity contribution >= 4 is 39.7 Å². The van der Waals surface area contributed by atoms with Gasteiger partial charge in [0.25, 0.3) is 0 Å². The van der Waals surface area contributed by atoms with Crippen LogP contribution >= 0.6 is 22.9 Å². The van der Waals surface area contributed by atoms with Crippen LogP contribution in [0, 0.1) is 6.92 Å². The molecule has 2 heterocycles. The number of nitrogen functional groups attached to an aromatic ring is 1. The zero-order valence-electron chi connectivity index (χ0n) is 6.45. The quantitative estimate of drug-likeness (QED) is 0.741. The summed E-state index contributed by atoms with van der Waals surface area (Å²) in [6.07, 6.45) is 3.47. The molecule has 0 aliphatic carbocycles. The topological polar surface area (TPSA) is 56.7 Å². The second-order valence-electron chi connectivity index (χ2n) is 2.58. The molecule has 0 fully saturated rings. The third-order valence-electron chi connectivity index (χ3n) is 1.74. The Labute approximate surface area is 83.3 Å². The number of rotatable bonds is 0. The molecule has 0 bridgehead atoms. The molecule has 5 heteroatoms. The van der Waals surface area contributed by atoms with E-state index in [0.29, 0.717) is 5.82 Å². The third-order valence-corrected chi connectivity index (χ3v) is 2.51. The summed E-state index contributed by atoms with van der Waals surface area (Å²) in [5, 5.41) is 0. The standard InChI is InChI=1S/C7H7IN4/c1-4-2-12(8)6-5(4)10-3-11-7(6)9/h2-3H,1H3,(H2,9,10,11). The van der Waals surface area contributed by atoms with Gasteiger partial charge >= 0.3 is 0 Å². The van der Waals surface area contributed by atoms with Gasteiger partial charge in [-0.05, 0) is 12.5 Å². The van der Waals surface area contributed by atoms with Gasteiger partial charge in [0.15, 0.2) is 5.82 Å². The summed E-state index contributed by atoms with van der Waals surface area (Å²) in [5.74, 6) is 0.530. The van der Waals surface area contributed by atoms with Crippen LogP contribution in [0.15, 0.2) is 12.5 Å². The Hall–Kier alpha value is -0.850. The molecule has 0 spiro atoms. The molecule has 0 aliphatic rings. The smallest absolute Gasteiger partial charge is 0.152 e. The van der Waals surface area contributed by atoms with E-state index < -0.39 is 0 Å². The number of halogens is 1. The van der Waals surface area contributed by atoms with Gasteiger partial charge in [0.05, 0.1) is 28.4 Å². The first-order valence-electron chi connectivity index (χ1n) is 3.44. The Kier molecular flexibility index (Phi) is 1.67. The molecule has 0 radical (unpaired) electrons. The van der Waals surface area contributed by atoms with Crippen LogP contribution in [0.4, 0.5) is 5.82 Å². The summed E-state index contributed by atoms with van der Waals surface area (Å²) in [6.45, 7) is 2.00. The molecule has 2 aromatic heterocycles. The fourth-order valence-corrected chi connectivity index (χ4v) is 2.08. The zero-order valence-corrected chi connectivity index (χ0v) is 8.61. The van der Waals surface area contributed by atoms with Gasteiger partial charge in [0.2, 0.25) is 0 Å². The predicted molar refractivity (Wildman–Crippen MR) is 56.1 cm³/mol. The van der Waals surface area contributed by atoms with Gasteiger partial charge in [-0.1, -0.05) is 0 Å². The number of anilines is 1. The molecule has 2 rings (SSSR count). The molecule has 0 saturated carbocycles. The van der Waals surface area contributed by atoms with Crippen molar-refractivity contribution in [1.82, 2.24) is 12.7 Å². The number of nitrogens with zero attached hydrogens (tertiary/aromatic N) is 3. The van der Waals surface area contributed by atoms with E-state index in [-0.39, 0.29) is 0 Å². The van der Waals surface area contributed by atoms with Crippen molar-refractivity contribution in [2.24, 2.45) is 0 Å². The lowest BCUT2D eigenvalue weighted by Gasteiger charge is -1.95. The van der Waals surface area contributed by atoms with Crippen molar-refractivity contribution in [3.63, 3.8) is 0 Å². The summed E-state index contributed by atoms with van der Waals surface area (Å²) in [6, 6.07) is 0. The summed E-state index contributed by atoms with van der Waals surface area (Å²) in [5.41, 5.74) is 8.64. The van der Waals surface area contributed by atoms with Gasteiger partial charge in [-0.25, -0.2) is 9.97 Å². The number of aromatic nitrogens is 3. The number of nitrogens with two attached hydrogens (primary N) is 1. The molecule has 2 N–H and O–H groups in total. The summed E-state index contributed by atoms with van der Waals surface area (Å²) in [7, 11) is 0. The SMILES string of the molecule is Cc1cn(I)c2c(N)ncnc12. The van der Waals surface area contributed by atoms with Crippen LogP contribution < -0.4 is 5.73 Å². The highest BCUT2D eigenvalue weighted by Gasteiger charge is 2.07. The monoisotopic (exact) mass is 274 g/mol. The molecule has 0 unspecified atom stereocenters. The Morgan fingerprint density at radius 2 is 2.25 bits per heavy atom. The van der Waals surface area contributed by atoms with Gasteiger partial charge in [0, 0.05) is 6.20 Å². The number of hydrogen-bond donors (Lipinski definition) is 1. The van der Waals surface area contributed by atoms with Crippen LogP contribution in [0.1, 0.15) is 5.56 Å². The van der Waals surface area contributed by atoms with Gasteiger partial charge in [-0.2, -0.15) is 0 Å². The van der Waals surface area contributed by atoms with Crippen molar-refractivity contribution in [2.75, 3.05) is 5.73 Å². The lowest BCUT2D eigenvalue weighted by molar-refractivity contribution is 1.22. The first kappa shape index (κ1) is 7.78. The van der Waals surface area contributed by atoms with E-state index in [4.69, 9.17) is 5.73 Å². The highest BCUT2D eigenvalue weighted by molar-refractivity contribution is 14.1. The van der Waals surface area contributed by atoms with Crippen molar-refractivity contribution in [2.45, 2.75) is 6.92 Å². The molecular formula is C7H7IN4. The highest BCUT2D eigenvalue weighted by Crippen LogP contribution is 2.23. The first-order chi connectivity index (χ1) is 5.70. The highest BCUT2D eigenvalue weighted by atomic mass is 127. The Morgan fingerprint density at radius 3 is 2.92 bits per heavy atom. The van der Waals surface area contributed by atoms with E-state index in [2.05, 4.69) is 32.8 Å². The van der Waals surface area contributed by atoms with E-state index in [1.54, 1.807) is 0 Å². The van der Waals surface area contributed by atoms with Crippen LogP contribution in [-0.4, -0.2) is 12.7 Å². The van der Waals surface area contributed by atoms with Crippen molar-refractivity contribution in [1.29, 1.82) is 0 Å². The minimum Gasteiger partial charge on any atom is -0.382 e. The van der Waals surface area contributed by atoms with Gasteiger partial charge < -0.3 is 5.73 Å². The lowest BCUT2D eigenvalue weighted by atomic mass is 10.3. The molecular weight excluding hydrogens is 267 g/mol. The Morgan fingerprint density at radius 1 is 1.50 bits per heavy atom. The second kappa shape index (κ2) is 2.58. The van der Waals surface area contributed by atoms with Gasteiger partial charge in [-0.15, -0.1) is 0 Å². The second-order valence-corrected chi connectivity index (χ2v) is 3.62. The molecule has 0 atom stereocenters. The Bertz CT molecular complexity index is 434. The number of aryl methyl sites for hydroxylation is 1. The minimum absolute atomic E-state index is 0.530. The van der Waals surface area contributed by atoms with Crippen molar-refractivity contribution in [3.8, 4) is 0 Å². The molecule has 0 saturated heterocycles. The van der Waals surface area contributed by atoms with E-state index in [9.17, 15) is 0 Å². The van der Waals surface area contributed by atoms with E-state index in [0.717, 1.165) is 16.6 Å². The normalized spacial score (nSPS) is 10.8. The molecule has 0 aliphatic heterocycles. The average Bonchev–Trinajstić information content (AvgIpc) is 2.29. The first-order valence-corrected chi connectivity index (χ1v) is 4.41. The van der Waals surface area contributed by atoms with Gasteiger partial charge in [0.1, 0.15) is 11.8 Å². The minimum atomic E-state index is 0.530. The molecule has 0 aromatic carbocycles. The van der Waals surface area contributed by atoms with Crippen LogP contribution in [0.3, 0.4) is 0 Å². The van der Waals surface area contributed by atoms with Crippen LogP contribution in [0.5, 0.6) is 0 Å². The molecule has 2 aromatic rings. The third kappa shape index (κ3) is 0.961. The summed E-state index contributed by atoms with van der Waals surface area (Å²) >= 11 is 2.16. The van der Waals surface area contributed by atoms with Crippen LogP contribution in [-0.2, 0) is 0 Å². The van der Waals surface area contributed by atoms with Crippen LogP contribution in [0.25, 0.3) is 11.0 Å². The fourth-order valence-electron chi connectivity index (χ4n) is 1.19. The van der Waals surface area contributed by atoms with E-state index in [1.165, 1.54) is 6.33 Å². The zero-order chi connectivity index (χ0) is 8.72. The molecule has 12 heavy (non-hydrogen) atoms. The summed E-state index contributed by atoms with van der Waals surface area (Å²) in [4.78, 5) is 8.07. The van der Waals surface area contributed by atoms with Crippen molar-refractivity contribution in [3.05, 3.63) is 18.1 Å². The maximum absolute atomic E-state index is 5.69. The van der Waals surface area contributed by atoms with Crippen LogP contribution in [0.2, 0.25) is 0 Å². The van der Waals surface area contributed by atoms with E-state index >= 15 is 0 Å². The molecule has 0 amide bonds.